The molecule has 21 heavy (non-hydrogen) atoms. The Morgan fingerprint density at radius 3 is 2.38 bits per heavy atom. The Labute approximate surface area is 130 Å². The molecule has 0 saturated heterocycles. The molecule has 0 saturated carbocycles. The molecular formula is C15H15BrN2O3. The first-order chi connectivity index (χ1) is 9.85. The van der Waals surface area contributed by atoms with Gasteiger partial charge in [0, 0.05) is 16.2 Å². The third-order valence-corrected chi connectivity index (χ3v) is 4.51. The molecule has 0 aliphatic carbocycles. The van der Waals surface area contributed by atoms with Crippen molar-refractivity contribution in [1.29, 1.82) is 0 Å². The minimum atomic E-state index is -1.31. The summed E-state index contributed by atoms with van der Waals surface area (Å²) < 4.78 is 2.46. The second-order valence-electron chi connectivity index (χ2n) is 4.83. The molecule has 0 bridgehead atoms. The predicted molar refractivity (Wildman–Crippen MR) is 83.3 cm³/mol. The molecule has 0 fully saturated rings. The van der Waals surface area contributed by atoms with Crippen molar-refractivity contribution in [3.05, 3.63) is 55.4 Å². The number of rotatable bonds is 3. The molecule has 1 aromatic carbocycles. The molecule has 0 aliphatic heterocycles. The highest BCUT2D eigenvalue weighted by atomic mass is 79.9. The lowest BCUT2D eigenvalue weighted by atomic mass is 10.1. The molecule has 0 spiro atoms. The summed E-state index contributed by atoms with van der Waals surface area (Å²) in [6, 6.07) is 3.78. The average molecular weight is 351 g/mol. The molecule has 0 aliphatic rings. The summed E-state index contributed by atoms with van der Waals surface area (Å²) in [5.41, 5.74) is 2.21. The van der Waals surface area contributed by atoms with Crippen molar-refractivity contribution >= 4 is 21.9 Å². The molecule has 6 heteroatoms. The molecule has 1 N–H and O–H groups in total. The largest absolute Gasteiger partial charge is 0.476 e. The summed E-state index contributed by atoms with van der Waals surface area (Å²) in [6.45, 7) is 5.70. The van der Waals surface area contributed by atoms with Crippen molar-refractivity contribution in [3.63, 3.8) is 0 Å². The Hall–Kier alpha value is -1.95. The standard InChI is InChI=1S/C15H15BrN2O3/c1-4-10-7-18(17-13(14(10)19)15(20)21)11-5-8(2)12(16)9(3)6-11/h5-7H,4H2,1-3H3,(H,20,21). The van der Waals surface area contributed by atoms with Crippen molar-refractivity contribution in [3.8, 4) is 5.69 Å². The number of carboxylic acids is 1. The SMILES string of the molecule is CCc1cn(-c2cc(C)c(Br)c(C)c2)nc(C(=O)O)c1=O. The van der Waals surface area contributed by atoms with Gasteiger partial charge >= 0.3 is 5.97 Å². The van der Waals surface area contributed by atoms with E-state index < -0.39 is 17.1 Å². The molecule has 1 aromatic heterocycles. The second kappa shape index (κ2) is 5.81. The second-order valence-corrected chi connectivity index (χ2v) is 5.62. The van der Waals surface area contributed by atoms with Crippen LogP contribution in [-0.2, 0) is 6.42 Å². The number of benzene rings is 1. The predicted octanol–water partition coefficient (Wildman–Crippen LogP) is 2.87. The van der Waals surface area contributed by atoms with Crippen LogP contribution in [0, 0.1) is 13.8 Å². The molecule has 2 aromatic rings. The molecule has 110 valence electrons. The van der Waals surface area contributed by atoms with Gasteiger partial charge in [-0.3, -0.25) is 4.79 Å². The maximum absolute atomic E-state index is 11.9. The number of carbonyl (C=O) groups is 1. The van der Waals surface area contributed by atoms with E-state index in [4.69, 9.17) is 5.11 Å². The zero-order valence-electron chi connectivity index (χ0n) is 12.0. The zero-order valence-corrected chi connectivity index (χ0v) is 13.6. The van der Waals surface area contributed by atoms with Gasteiger partial charge in [0.1, 0.15) is 0 Å². The Bertz CT molecular complexity index is 758. The summed E-state index contributed by atoms with van der Waals surface area (Å²) in [6.07, 6.45) is 2.05. The van der Waals surface area contributed by atoms with Crippen molar-refractivity contribution in [2.45, 2.75) is 27.2 Å². The fourth-order valence-electron chi connectivity index (χ4n) is 2.12. The summed E-state index contributed by atoms with van der Waals surface area (Å²) in [5, 5.41) is 13.1. The van der Waals surface area contributed by atoms with Crippen LogP contribution in [0.3, 0.4) is 0 Å². The van der Waals surface area contributed by atoms with Gasteiger partial charge in [-0.25, -0.2) is 9.48 Å². The van der Waals surface area contributed by atoms with E-state index in [1.807, 2.05) is 32.9 Å². The quantitative estimate of drug-likeness (QED) is 0.923. The number of aromatic carboxylic acids is 1. The molecular weight excluding hydrogens is 336 g/mol. The number of halogens is 1. The van der Waals surface area contributed by atoms with Crippen molar-refractivity contribution < 1.29 is 9.90 Å². The summed E-state index contributed by atoms with van der Waals surface area (Å²) in [4.78, 5) is 23.1. The molecule has 0 unspecified atom stereocenters. The van der Waals surface area contributed by atoms with Crippen LogP contribution in [0.25, 0.3) is 5.69 Å². The number of hydrogen-bond donors (Lipinski definition) is 1. The summed E-state index contributed by atoms with van der Waals surface area (Å²) in [7, 11) is 0. The number of hydrogen-bond acceptors (Lipinski definition) is 3. The maximum Gasteiger partial charge on any atom is 0.360 e. The van der Waals surface area contributed by atoms with Crippen molar-refractivity contribution in [1.82, 2.24) is 9.78 Å². The minimum absolute atomic E-state index is 0.431. The molecule has 1 heterocycles. The number of carboxylic acid groups (broad SMARTS) is 1. The Kier molecular flexibility index (Phi) is 4.27. The topological polar surface area (TPSA) is 72.2 Å². The fourth-order valence-corrected chi connectivity index (χ4v) is 2.35. The van der Waals surface area contributed by atoms with E-state index >= 15 is 0 Å². The van der Waals surface area contributed by atoms with E-state index in [2.05, 4.69) is 21.0 Å². The van der Waals surface area contributed by atoms with Gasteiger partial charge in [0.2, 0.25) is 11.1 Å². The van der Waals surface area contributed by atoms with Gasteiger partial charge in [-0.15, -0.1) is 0 Å². The van der Waals surface area contributed by atoms with Crippen LogP contribution in [0.1, 0.15) is 34.1 Å². The zero-order chi connectivity index (χ0) is 15.7. The minimum Gasteiger partial charge on any atom is -0.476 e. The van der Waals surface area contributed by atoms with E-state index in [0.717, 1.165) is 21.3 Å². The fraction of sp³-hybridized carbons (Fsp3) is 0.267. The van der Waals surface area contributed by atoms with Crippen LogP contribution in [0.4, 0.5) is 0 Å². The van der Waals surface area contributed by atoms with Gasteiger partial charge < -0.3 is 5.11 Å². The first-order valence-electron chi connectivity index (χ1n) is 6.48. The Morgan fingerprint density at radius 2 is 1.90 bits per heavy atom. The lowest BCUT2D eigenvalue weighted by Crippen LogP contribution is -2.24. The molecule has 0 atom stereocenters. The van der Waals surface area contributed by atoms with Gasteiger partial charge in [-0.2, -0.15) is 5.10 Å². The monoisotopic (exact) mass is 350 g/mol. The summed E-state index contributed by atoms with van der Waals surface area (Å²) >= 11 is 3.49. The van der Waals surface area contributed by atoms with Crippen LogP contribution in [-0.4, -0.2) is 20.9 Å². The van der Waals surface area contributed by atoms with E-state index in [0.29, 0.717) is 12.0 Å². The summed E-state index contributed by atoms with van der Waals surface area (Å²) in [5.74, 6) is -1.31. The number of nitrogens with zero attached hydrogens (tertiary/aromatic N) is 2. The van der Waals surface area contributed by atoms with E-state index in [9.17, 15) is 9.59 Å². The maximum atomic E-state index is 11.9. The van der Waals surface area contributed by atoms with E-state index in [1.165, 1.54) is 4.68 Å². The highest BCUT2D eigenvalue weighted by molar-refractivity contribution is 9.10. The van der Waals surface area contributed by atoms with Crippen LogP contribution in [0.2, 0.25) is 0 Å². The lowest BCUT2D eigenvalue weighted by Gasteiger charge is -2.12. The highest BCUT2D eigenvalue weighted by Crippen LogP contribution is 2.24. The van der Waals surface area contributed by atoms with E-state index in [-0.39, 0.29) is 0 Å². The van der Waals surface area contributed by atoms with Gasteiger partial charge in [-0.1, -0.05) is 22.9 Å². The van der Waals surface area contributed by atoms with Gasteiger partial charge in [-0.05, 0) is 43.5 Å². The number of aromatic nitrogens is 2. The number of aryl methyl sites for hydroxylation is 3. The average Bonchev–Trinajstić information content (AvgIpc) is 2.44. The van der Waals surface area contributed by atoms with Gasteiger partial charge in [0.05, 0.1) is 5.69 Å². The van der Waals surface area contributed by atoms with Crippen molar-refractivity contribution in [2.24, 2.45) is 0 Å². The lowest BCUT2D eigenvalue weighted by molar-refractivity contribution is 0.0686. The van der Waals surface area contributed by atoms with Crippen molar-refractivity contribution in [2.75, 3.05) is 0 Å². The molecule has 5 nitrogen and oxygen atoms in total. The third kappa shape index (κ3) is 2.90. The van der Waals surface area contributed by atoms with E-state index in [1.54, 1.807) is 6.20 Å². The molecule has 2 rings (SSSR count). The van der Waals surface area contributed by atoms with Crippen LogP contribution >= 0.6 is 15.9 Å². The van der Waals surface area contributed by atoms with Crippen LogP contribution < -0.4 is 5.43 Å². The molecule has 0 radical (unpaired) electrons. The van der Waals surface area contributed by atoms with Crippen LogP contribution in [0.5, 0.6) is 0 Å². The first kappa shape index (κ1) is 15.4. The first-order valence-corrected chi connectivity index (χ1v) is 7.27. The highest BCUT2D eigenvalue weighted by Gasteiger charge is 2.16. The smallest absolute Gasteiger partial charge is 0.360 e. The van der Waals surface area contributed by atoms with Gasteiger partial charge in [0.25, 0.3) is 0 Å². The Balaban J connectivity index is 2.72. The third-order valence-electron chi connectivity index (χ3n) is 3.26. The molecule has 0 amide bonds. The Morgan fingerprint density at radius 1 is 1.33 bits per heavy atom. The normalized spacial score (nSPS) is 10.7. The van der Waals surface area contributed by atoms with Gasteiger partial charge in [0.15, 0.2) is 0 Å². The van der Waals surface area contributed by atoms with Crippen LogP contribution in [0.15, 0.2) is 27.6 Å².